The van der Waals surface area contributed by atoms with Crippen LogP contribution in [-0.4, -0.2) is 30.2 Å². The van der Waals surface area contributed by atoms with Gasteiger partial charge in [0.1, 0.15) is 5.82 Å². The average molecular weight is 306 g/mol. The summed E-state index contributed by atoms with van der Waals surface area (Å²) in [5.74, 6) is -0.573. The smallest absolute Gasteiger partial charge is 0.278 e. The van der Waals surface area contributed by atoms with Gasteiger partial charge in [-0.25, -0.2) is 4.98 Å². The maximum Gasteiger partial charge on any atom is 0.278 e. The number of aromatic amines is 1. The standard InChI is InChI=1S/C12H10N4O4S/c1-6-13-5-10(14-6)21(19,20)16-7-2-3-8-9(4-7)12(18)15-11(8)17/h2-5,16H,1H3,(H,13,14)(H,15,17,18). The number of rotatable bonds is 3. The first-order chi connectivity index (χ1) is 9.87. The molecule has 21 heavy (non-hydrogen) atoms. The highest BCUT2D eigenvalue weighted by molar-refractivity contribution is 7.92. The highest BCUT2D eigenvalue weighted by atomic mass is 32.2. The Morgan fingerprint density at radius 3 is 2.52 bits per heavy atom. The average Bonchev–Trinajstić information content (AvgIpc) is 2.95. The van der Waals surface area contributed by atoms with E-state index in [1.165, 1.54) is 24.4 Å². The number of carbonyl (C=O) groups excluding carboxylic acids is 2. The summed E-state index contributed by atoms with van der Waals surface area (Å²) >= 11 is 0. The van der Waals surface area contributed by atoms with Crippen LogP contribution in [0.5, 0.6) is 0 Å². The Labute approximate surface area is 119 Å². The highest BCUT2D eigenvalue weighted by Crippen LogP contribution is 2.22. The number of aromatic nitrogens is 2. The van der Waals surface area contributed by atoms with Crippen molar-refractivity contribution in [2.75, 3.05) is 4.72 Å². The lowest BCUT2D eigenvalue weighted by molar-refractivity contribution is 0.0879. The molecule has 3 N–H and O–H groups in total. The van der Waals surface area contributed by atoms with E-state index in [1.54, 1.807) is 6.92 Å². The molecule has 2 amide bonds. The van der Waals surface area contributed by atoms with Gasteiger partial charge in [-0.1, -0.05) is 0 Å². The van der Waals surface area contributed by atoms with Crippen LogP contribution in [0.3, 0.4) is 0 Å². The summed E-state index contributed by atoms with van der Waals surface area (Å²) in [4.78, 5) is 29.4. The third kappa shape index (κ3) is 2.27. The number of hydrogen-bond acceptors (Lipinski definition) is 5. The van der Waals surface area contributed by atoms with Crippen molar-refractivity contribution in [2.45, 2.75) is 11.9 Å². The topological polar surface area (TPSA) is 121 Å². The summed E-state index contributed by atoms with van der Waals surface area (Å²) in [6.07, 6.45) is 1.20. The molecule has 1 aromatic heterocycles. The lowest BCUT2D eigenvalue weighted by atomic mass is 10.1. The summed E-state index contributed by atoms with van der Waals surface area (Å²) in [6, 6.07) is 4.12. The molecule has 2 heterocycles. The summed E-state index contributed by atoms with van der Waals surface area (Å²) in [5.41, 5.74) is 0.548. The van der Waals surface area contributed by atoms with Crippen LogP contribution >= 0.6 is 0 Å². The molecule has 0 aliphatic carbocycles. The van der Waals surface area contributed by atoms with Gasteiger partial charge in [0.15, 0.2) is 5.03 Å². The van der Waals surface area contributed by atoms with Gasteiger partial charge in [-0.3, -0.25) is 19.6 Å². The first-order valence-corrected chi connectivity index (χ1v) is 7.39. The predicted octanol–water partition coefficient (Wildman–Crippen LogP) is 0.403. The van der Waals surface area contributed by atoms with E-state index in [9.17, 15) is 18.0 Å². The van der Waals surface area contributed by atoms with Crippen molar-refractivity contribution in [3.05, 3.63) is 41.3 Å². The molecule has 0 radical (unpaired) electrons. The van der Waals surface area contributed by atoms with Gasteiger partial charge in [-0.15, -0.1) is 0 Å². The Kier molecular flexibility index (Phi) is 2.80. The summed E-state index contributed by atoms with van der Waals surface area (Å²) in [7, 11) is -3.83. The van der Waals surface area contributed by atoms with Gasteiger partial charge in [0.2, 0.25) is 0 Å². The first-order valence-electron chi connectivity index (χ1n) is 5.91. The number of anilines is 1. The second kappa shape index (κ2) is 4.42. The highest BCUT2D eigenvalue weighted by Gasteiger charge is 2.27. The number of fused-ring (bicyclic) bond motifs is 1. The molecule has 9 heteroatoms. The van der Waals surface area contributed by atoms with Gasteiger partial charge in [0, 0.05) is 5.69 Å². The van der Waals surface area contributed by atoms with Gasteiger partial charge in [0.05, 0.1) is 17.3 Å². The van der Waals surface area contributed by atoms with Crippen molar-refractivity contribution in [3.63, 3.8) is 0 Å². The summed E-state index contributed by atoms with van der Waals surface area (Å²) < 4.78 is 26.5. The number of carbonyl (C=O) groups is 2. The van der Waals surface area contributed by atoms with Crippen LogP contribution in [0, 0.1) is 6.92 Å². The molecule has 0 fully saturated rings. The maximum atomic E-state index is 12.1. The van der Waals surface area contributed by atoms with Crippen molar-refractivity contribution in [3.8, 4) is 0 Å². The van der Waals surface area contributed by atoms with Gasteiger partial charge in [-0.05, 0) is 25.1 Å². The largest absolute Gasteiger partial charge is 0.332 e. The Balaban J connectivity index is 1.95. The quantitative estimate of drug-likeness (QED) is 0.709. The maximum absolute atomic E-state index is 12.1. The van der Waals surface area contributed by atoms with E-state index in [4.69, 9.17) is 0 Å². The molecule has 0 saturated carbocycles. The fraction of sp³-hybridized carbons (Fsp3) is 0.0833. The number of hydrogen-bond donors (Lipinski definition) is 3. The van der Waals surface area contributed by atoms with Crippen LogP contribution in [0.25, 0.3) is 0 Å². The molecule has 8 nitrogen and oxygen atoms in total. The summed E-state index contributed by atoms with van der Waals surface area (Å²) in [5, 5.41) is 2.05. The van der Waals surface area contributed by atoms with E-state index in [0.717, 1.165) is 0 Å². The molecule has 0 bridgehead atoms. The van der Waals surface area contributed by atoms with Crippen LogP contribution < -0.4 is 10.0 Å². The number of benzene rings is 1. The van der Waals surface area contributed by atoms with E-state index in [0.29, 0.717) is 5.82 Å². The van der Waals surface area contributed by atoms with E-state index < -0.39 is 21.8 Å². The zero-order valence-electron chi connectivity index (χ0n) is 10.8. The number of sulfonamides is 1. The molecular weight excluding hydrogens is 296 g/mol. The van der Waals surface area contributed by atoms with E-state index in [-0.39, 0.29) is 21.8 Å². The number of nitrogens with zero attached hydrogens (tertiary/aromatic N) is 1. The minimum Gasteiger partial charge on any atom is -0.332 e. The third-order valence-electron chi connectivity index (χ3n) is 2.96. The second-order valence-corrected chi connectivity index (χ2v) is 6.13. The van der Waals surface area contributed by atoms with E-state index in [2.05, 4.69) is 20.0 Å². The van der Waals surface area contributed by atoms with Crippen molar-refractivity contribution in [2.24, 2.45) is 0 Å². The van der Waals surface area contributed by atoms with Crippen molar-refractivity contribution < 1.29 is 18.0 Å². The van der Waals surface area contributed by atoms with Gasteiger partial charge in [0.25, 0.3) is 21.8 Å². The molecule has 1 aliphatic heterocycles. The Morgan fingerprint density at radius 2 is 1.86 bits per heavy atom. The van der Waals surface area contributed by atoms with Crippen LogP contribution in [0.15, 0.2) is 29.4 Å². The third-order valence-corrected chi connectivity index (χ3v) is 4.25. The molecule has 0 unspecified atom stereocenters. The number of aryl methyl sites for hydroxylation is 1. The number of imidazole rings is 1. The summed E-state index contributed by atoms with van der Waals surface area (Å²) in [6.45, 7) is 1.63. The molecule has 1 aliphatic rings. The number of nitrogens with one attached hydrogen (secondary N) is 3. The first kappa shape index (κ1) is 13.3. The molecular formula is C12H10N4O4S. The molecule has 3 rings (SSSR count). The van der Waals surface area contributed by atoms with Crippen molar-refractivity contribution in [1.29, 1.82) is 0 Å². The molecule has 108 valence electrons. The Morgan fingerprint density at radius 1 is 1.14 bits per heavy atom. The normalized spacial score (nSPS) is 14.0. The fourth-order valence-corrected chi connectivity index (χ4v) is 3.00. The van der Waals surface area contributed by atoms with E-state index >= 15 is 0 Å². The van der Waals surface area contributed by atoms with Crippen molar-refractivity contribution >= 4 is 27.5 Å². The predicted molar refractivity (Wildman–Crippen MR) is 72.4 cm³/mol. The molecule has 0 spiro atoms. The van der Waals surface area contributed by atoms with Crippen molar-refractivity contribution in [1.82, 2.24) is 15.3 Å². The molecule has 1 aromatic carbocycles. The fourth-order valence-electron chi connectivity index (χ4n) is 1.98. The minimum atomic E-state index is -3.83. The number of amides is 2. The zero-order chi connectivity index (χ0) is 15.2. The van der Waals surface area contributed by atoms with E-state index in [1.807, 2.05) is 0 Å². The molecule has 0 atom stereocenters. The number of imide groups is 1. The van der Waals surface area contributed by atoms with Crippen LogP contribution in [0.4, 0.5) is 5.69 Å². The minimum absolute atomic E-state index is 0.0824. The molecule has 0 saturated heterocycles. The zero-order valence-corrected chi connectivity index (χ0v) is 11.6. The monoisotopic (exact) mass is 306 g/mol. The van der Waals surface area contributed by atoms with Crippen LogP contribution in [-0.2, 0) is 10.0 Å². The lowest BCUT2D eigenvalue weighted by Crippen LogP contribution is -2.19. The van der Waals surface area contributed by atoms with Crippen LogP contribution in [0.2, 0.25) is 0 Å². The van der Waals surface area contributed by atoms with Gasteiger partial charge in [-0.2, -0.15) is 8.42 Å². The second-order valence-electron chi connectivity index (χ2n) is 4.48. The Hall–Kier alpha value is -2.68. The Bertz CT molecular complexity index is 869. The van der Waals surface area contributed by atoms with Gasteiger partial charge < -0.3 is 4.98 Å². The number of H-pyrrole nitrogens is 1. The SMILES string of the molecule is Cc1ncc(S(=O)(=O)Nc2ccc3c(c2)C(=O)NC3=O)[nH]1. The van der Waals surface area contributed by atoms with Gasteiger partial charge >= 0.3 is 0 Å². The molecule has 2 aromatic rings. The van der Waals surface area contributed by atoms with Crippen LogP contribution in [0.1, 0.15) is 26.5 Å². The lowest BCUT2D eigenvalue weighted by Gasteiger charge is -2.06.